The van der Waals surface area contributed by atoms with E-state index in [0.29, 0.717) is 18.7 Å². The largest absolute Gasteiger partial charge is 0.492 e. The first-order valence-electron chi connectivity index (χ1n) is 7.80. The summed E-state index contributed by atoms with van der Waals surface area (Å²) in [4.78, 5) is 16.0. The minimum absolute atomic E-state index is 0.134. The Morgan fingerprint density at radius 1 is 1.13 bits per heavy atom. The highest BCUT2D eigenvalue weighted by molar-refractivity contribution is 5.93. The van der Waals surface area contributed by atoms with Gasteiger partial charge in [0.05, 0.1) is 12.1 Å². The number of nitrogens with zero attached hydrogens (tertiary/aromatic N) is 1. The number of carbonyl (C=O) groups excluding carboxylic acids is 1. The van der Waals surface area contributed by atoms with Crippen molar-refractivity contribution < 1.29 is 9.53 Å². The number of rotatable bonds is 5. The Bertz CT molecular complexity index is 641. The number of nitrogens with one attached hydrogen (secondary N) is 1. The van der Waals surface area contributed by atoms with Gasteiger partial charge < -0.3 is 10.1 Å². The molecule has 0 aliphatic carbocycles. The number of aryl methyl sites for hydroxylation is 1. The predicted octanol–water partition coefficient (Wildman–Crippen LogP) is 3.50. The lowest BCUT2D eigenvalue weighted by Crippen LogP contribution is -2.28. The first-order valence-corrected chi connectivity index (χ1v) is 7.80. The summed E-state index contributed by atoms with van der Waals surface area (Å²) in [7, 11) is 0. The third-order valence-electron chi connectivity index (χ3n) is 3.55. The zero-order valence-corrected chi connectivity index (χ0v) is 14.2. The summed E-state index contributed by atoms with van der Waals surface area (Å²) in [6, 6.07) is 11.7. The van der Waals surface area contributed by atoms with Gasteiger partial charge in [-0.2, -0.15) is 0 Å². The third-order valence-corrected chi connectivity index (χ3v) is 3.55. The Hall–Kier alpha value is -2.36. The van der Waals surface area contributed by atoms with Crippen LogP contribution in [-0.4, -0.2) is 24.0 Å². The number of hydrogen-bond acceptors (Lipinski definition) is 3. The predicted molar refractivity (Wildman–Crippen MR) is 91.9 cm³/mol. The van der Waals surface area contributed by atoms with Gasteiger partial charge in [0.1, 0.15) is 12.4 Å². The van der Waals surface area contributed by atoms with Crippen LogP contribution in [0.5, 0.6) is 5.75 Å². The first kappa shape index (κ1) is 17.0. The van der Waals surface area contributed by atoms with E-state index in [1.807, 2.05) is 25.1 Å². The average Bonchev–Trinajstić information content (AvgIpc) is 2.51. The van der Waals surface area contributed by atoms with Crippen molar-refractivity contribution in [1.82, 2.24) is 10.3 Å². The molecule has 2 aromatic rings. The topological polar surface area (TPSA) is 51.2 Å². The van der Waals surface area contributed by atoms with Gasteiger partial charge in [-0.1, -0.05) is 32.9 Å². The molecule has 0 radical (unpaired) electrons. The van der Waals surface area contributed by atoms with Crippen molar-refractivity contribution in [2.75, 3.05) is 13.2 Å². The summed E-state index contributed by atoms with van der Waals surface area (Å²) in [5.74, 6) is 0.674. The maximum absolute atomic E-state index is 11.9. The van der Waals surface area contributed by atoms with Crippen LogP contribution in [0.3, 0.4) is 0 Å². The molecule has 4 nitrogen and oxygen atoms in total. The van der Waals surface area contributed by atoms with Crippen LogP contribution in [0.25, 0.3) is 0 Å². The molecule has 1 aromatic carbocycles. The molecule has 0 saturated heterocycles. The molecule has 0 unspecified atom stereocenters. The lowest BCUT2D eigenvalue weighted by molar-refractivity contribution is 0.0946. The van der Waals surface area contributed by atoms with Gasteiger partial charge in [-0.25, -0.2) is 0 Å². The third kappa shape index (κ3) is 5.09. The molecule has 4 heteroatoms. The van der Waals surface area contributed by atoms with Gasteiger partial charge in [-0.15, -0.1) is 0 Å². The number of hydrogen-bond donors (Lipinski definition) is 1. The Labute approximate surface area is 137 Å². The molecule has 2 rings (SSSR count). The average molecular weight is 312 g/mol. The van der Waals surface area contributed by atoms with Crippen LogP contribution in [0.4, 0.5) is 0 Å². The van der Waals surface area contributed by atoms with Gasteiger partial charge in [0, 0.05) is 11.9 Å². The quantitative estimate of drug-likeness (QED) is 0.860. The van der Waals surface area contributed by atoms with Crippen molar-refractivity contribution in [1.29, 1.82) is 0 Å². The van der Waals surface area contributed by atoms with E-state index in [0.717, 1.165) is 11.4 Å². The number of aromatic nitrogens is 1. The van der Waals surface area contributed by atoms with E-state index in [4.69, 9.17) is 4.74 Å². The van der Waals surface area contributed by atoms with Gasteiger partial charge in [-0.3, -0.25) is 9.78 Å². The zero-order chi connectivity index (χ0) is 16.9. The second-order valence-electron chi connectivity index (χ2n) is 6.57. The molecule has 1 N–H and O–H groups in total. The summed E-state index contributed by atoms with van der Waals surface area (Å²) < 4.78 is 5.65. The van der Waals surface area contributed by atoms with E-state index in [-0.39, 0.29) is 11.3 Å². The molecule has 0 atom stereocenters. The van der Waals surface area contributed by atoms with E-state index < -0.39 is 0 Å². The van der Waals surface area contributed by atoms with E-state index in [1.54, 1.807) is 12.3 Å². The first-order chi connectivity index (χ1) is 10.9. The molecule has 1 heterocycles. The molecule has 122 valence electrons. The van der Waals surface area contributed by atoms with Crippen LogP contribution in [-0.2, 0) is 5.41 Å². The van der Waals surface area contributed by atoms with Crippen molar-refractivity contribution in [2.24, 2.45) is 0 Å². The summed E-state index contributed by atoms with van der Waals surface area (Å²) in [6.07, 6.45) is 1.58. The van der Waals surface area contributed by atoms with Crippen LogP contribution < -0.4 is 10.1 Å². The normalized spacial score (nSPS) is 11.1. The van der Waals surface area contributed by atoms with Gasteiger partial charge in [-0.05, 0) is 42.2 Å². The maximum atomic E-state index is 11.9. The fourth-order valence-electron chi connectivity index (χ4n) is 2.09. The smallest absolute Gasteiger partial charge is 0.252 e. The fourth-order valence-corrected chi connectivity index (χ4v) is 2.09. The second-order valence-corrected chi connectivity index (χ2v) is 6.57. The summed E-state index contributed by atoms with van der Waals surface area (Å²) in [6.45, 7) is 9.31. The lowest BCUT2D eigenvalue weighted by Gasteiger charge is -2.19. The van der Waals surface area contributed by atoms with Crippen LogP contribution in [0.2, 0.25) is 0 Å². The molecule has 0 aliphatic heterocycles. The molecule has 0 aliphatic rings. The SMILES string of the molecule is Cc1ccc(C(=O)NCCOc2ccc(C(C)(C)C)cc2)cn1. The molecule has 0 spiro atoms. The molecular formula is C19H24N2O2. The lowest BCUT2D eigenvalue weighted by atomic mass is 9.87. The number of benzene rings is 1. The van der Waals surface area contributed by atoms with Crippen molar-refractivity contribution in [3.8, 4) is 5.75 Å². The van der Waals surface area contributed by atoms with Gasteiger partial charge >= 0.3 is 0 Å². The van der Waals surface area contributed by atoms with Crippen molar-refractivity contribution in [3.05, 3.63) is 59.4 Å². The van der Waals surface area contributed by atoms with Crippen LogP contribution in [0, 0.1) is 6.92 Å². The summed E-state index contributed by atoms with van der Waals surface area (Å²) >= 11 is 0. The highest BCUT2D eigenvalue weighted by Crippen LogP contribution is 2.24. The molecule has 0 saturated carbocycles. The van der Waals surface area contributed by atoms with Crippen LogP contribution >= 0.6 is 0 Å². The van der Waals surface area contributed by atoms with Crippen molar-refractivity contribution in [2.45, 2.75) is 33.1 Å². The molecule has 1 aromatic heterocycles. The second kappa shape index (κ2) is 7.27. The molecular weight excluding hydrogens is 288 g/mol. The molecule has 0 fully saturated rings. The summed E-state index contributed by atoms with van der Waals surface area (Å²) in [5, 5.41) is 2.82. The Balaban J connectivity index is 1.77. The Kier molecular flexibility index (Phi) is 5.37. The number of pyridine rings is 1. The standard InChI is InChI=1S/C19H24N2O2/c1-14-5-6-15(13-21-14)18(22)20-11-12-23-17-9-7-16(8-10-17)19(2,3)4/h5-10,13H,11-12H2,1-4H3,(H,20,22). The molecule has 1 amide bonds. The summed E-state index contributed by atoms with van der Waals surface area (Å²) in [5.41, 5.74) is 2.85. The minimum Gasteiger partial charge on any atom is -0.492 e. The molecule has 23 heavy (non-hydrogen) atoms. The van der Waals surface area contributed by atoms with Crippen molar-refractivity contribution >= 4 is 5.91 Å². The van der Waals surface area contributed by atoms with E-state index >= 15 is 0 Å². The van der Waals surface area contributed by atoms with Gasteiger partial charge in [0.2, 0.25) is 0 Å². The van der Waals surface area contributed by atoms with Crippen LogP contribution in [0.1, 0.15) is 42.4 Å². The van der Waals surface area contributed by atoms with Crippen molar-refractivity contribution in [3.63, 3.8) is 0 Å². The van der Waals surface area contributed by atoms with Gasteiger partial charge in [0.15, 0.2) is 0 Å². The Morgan fingerprint density at radius 3 is 2.39 bits per heavy atom. The number of carbonyl (C=O) groups is 1. The minimum atomic E-state index is -0.135. The Morgan fingerprint density at radius 2 is 1.83 bits per heavy atom. The van der Waals surface area contributed by atoms with E-state index in [1.165, 1.54) is 5.56 Å². The monoisotopic (exact) mass is 312 g/mol. The molecule has 0 bridgehead atoms. The highest BCUT2D eigenvalue weighted by atomic mass is 16.5. The van der Waals surface area contributed by atoms with Crippen LogP contribution in [0.15, 0.2) is 42.6 Å². The maximum Gasteiger partial charge on any atom is 0.252 e. The number of amides is 1. The van der Waals surface area contributed by atoms with E-state index in [2.05, 4.69) is 43.2 Å². The zero-order valence-electron chi connectivity index (χ0n) is 14.2. The highest BCUT2D eigenvalue weighted by Gasteiger charge is 2.12. The number of ether oxygens (including phenoxy) is 1. The fraction of sp³-hybridized carbons (Fsp3) is 0.368. The van der Waals surface area contributed by atoms with E-state index in [9.17, 15) is 4.79 Å². The van der Waals surface area contributed by atoms with Gasteiger partial charge in [0.25, 0.3) is 5.91 Å².